The van der Waals surface area contributed by atoms with Crippen molar-refractivity contribution < 1.29 is 13.2 Å². The lowest BCUT2D eigenvalue weighted by Crippen LogP contribution is -2.29. The molecule has 0 aromatic heterocycles. The summed E-state index contributed by atoms with van der Waals surface area (Å²) in [6.45, 7) is 0.620. The van der Waals surface area contributed by atoms with E-state index in [1.165, 1.54) is 0 Å². The van der Waals surface area contributed by atoms with Crippen molar-refractivity contribution in [2.75, 3.05) is 36.6 Å². The summed E-state index contributed by atoms with van der Waals surface area (Å²) in [5.41, 5.74) is 6.20. The molecule has 0 aliphatic carbocycles. The highest BCUT2D eigenvalue weighted by Gasteiger charge is 2.09. The molecule has 0 unspecified atom stereocenters. The minimum atomic E-state index is -3.25. The van der Waals surface area contributed by atoms with Crippen LogP contribution in [0.3, 0.4) is 0 Å². The highest BCUT2D eigenvalue weighted by atomic mass is 32.2. The van der Waals surface area contributed by atoms with Crippen LogP contribution in [-0.4, -0.2) is 39.3 Å². The molecule has 7 heteroatoms. The van der Waals surface area contributed by atoms with Crippen LogP contribution in [0.25, 0.3) is 0 Å². The third kappa shape index (κ3) is 7.62. The Bertz CT molecular complexity index is 475. The highest BCUT2D eigenvalue weighted by molar-refractivity contribution is 7.98. The van der Waals surface area contributed by atoms with E-state index in [1.807, 2.05) is 6.26 Å². The van der Waals surface area contributed by atoms with Crippen LogP contribution < -0.4 is 15.2 Å². The molecule has 0 aliphatic rings. The second-order valence-electron chi connectivity index (χ2n) is 4.33. The zero-order valence-corrected chi connectivity index (χ0v) is 13.3. The third-order valence-corrected chi connectivity index (χ3v) is 4.64. The van der Waals surface area contributed by atoms with Crippen LogP contribution in [0.5, 0.6) is 5.75 Å². The molecule has 20 heavy (non-hydrogen) atoms. The molecular formula is C13H22N2O3S2. The maximum Gasteiger partial charge on any atom is 0.214 e. The van der Waals surface area contributed by atoms with E-state index in [2.05, 4.69) is 4.72 Å². The summed E-state index contributed by atoms with van der Waals surface area (Å²) in [7, 11) is -3.25. The Hall–Kier alpha value is -0.920. The normalized spacial score (nSPS) is 11.4. The van der Waals surface area contributed by atoms with Gasteiger partial charge in [0.05, 0.1) is 5.75 Å². The average Bonchev–Trinajstić information content (AvgIpc) is 2.40. The van der Waals surface area contributed by atoms with Gasteiger partial charge in [0.2, 0.25) is 10.0 Å². The van der Waals surface area contributed by atoms with Gasteiger partial charge in [-0.25, -0.2) is 13.1 Å². The number of rotatable bonds is 10. The van der Waals surface area contributed by atoms with E-state index in [0.29, 0.717) is 18.0 Å². The van der Waals surface area contributed by atoms with Crippen molar-refractivity contribution in [1.29, 1.82) is 0 Å². The Morgan fingerprint density at radius 3 is 2.60 bits per heavy atom. The first-order valence-electron chi connectivity index (χ1n) is 6.48. The van der Waals surface area contributed by atoms with Gasteiger partial charge < -0.3 is 10.5 Å². The highest BCUT2D eigenvalue weighted by Crippen LogP contribution is 2.12. The zero-order valence-electron chi connectivity index (χ0n) is 11.7. The SMILES string of the molecule is CSCCCCNS(=O)(=O)CCOc1ccc(N)cc1. The summed E-state index contributed by atoms with van der Waals surface area (Å²) >= 11 is 1.77. The second-order valence-corrected chi connectivity index (χ2v) is 7.24. The van der Waals surface area contributed by atoms with Crippen LogP contribution in [0, 0.1) is 0 Å². The number of nitrogens with one attached hydrogen (secondary N) is 1. The molecule has 0 saturated heterocycles. The molecule has 1 aromatic carbocycles. The summed E-state index contributed by atoms with van der Waals surface area (Å²) in [6, 6.07) is 6.87. The van der Waals surface area contributed by atoms with Crippen LogP contribution >= 0.6 is 11.8 Å². The van der Waals surface area contributed by atoms with Gasteiger partial charge in [0.25, 0.3) is 0 Å². The third-order valence-electron chi connectivity index (χ3n) is 2.60. The lowest BCUT2D eigenvalue weighted by atomic mass is 10.3. The smallest absolute Gasteiger partial charge is 0.214 e. The lowest BCUT2D eigenvalue weighted by Gasteiger charge is -2.08. The molecule has 0 saturated carbocycles. The second kappa shape index (κ2) is 9.10. The standard InChI is InChI=1S/C13H22N2O3S2/c1-19-10-3-2-8-15-20(16,17)11-9-18-13-6-4-12(14)5-7-13/h4-7,15H,2-3,8-11,14H2,1H3. The van der Waals surface area contributed by atoms with E-state index >= 15 is 0 Å². The molecule has 114 valence electrons. The molecule has 1 aromatic rings. The van der Waals surface area contributed by atoms with E-state index in [0.717, 1.165) is 18.6 Å². The molecule has 1 rings (SSSR count). The maximum absolute atomic E-state index is 11.7. The predicted molar refractivity (Wildman–Crippen MR) is 85.8 cm³/mol. The maximum atomic E-state index is 11.7. The van der Waals surface area contributed by atoms with Crippen LogP contribution in [0.1, 0.15) is 12.8 Å². The van der Waals surface area contributed by atoms with Crippen molar-refractivity contribution in [3.05, 3.63) is 24.3 Å². The first-order valence-corrected chi connectivity index (χ1v) is 9.53. The Morgan fingerprint density at radius 2 is 1.95 bits per heavy atom. The number of benzene rings is 1. The number of sulfonamides is 1. The number of nitrogen functional groups attached to an aromatic ring is 1. The number of hydrogen-bond donors (Lipinski definition) is 2. The fourth-order valence-electron chi connectivity index (χ4n) is 1.50. The summed E-state index contributed by atoms with van der Waals surface area (Å²) in [5.74, 6) is 1.64. The van der Waals surface area contributed by atoms with Gasteiger partial charge in [-0.2, -0.15) is 11.8 Å². The number of unbranched alkanes of at least 4 members (excludes halogenated alkanes) is 1. The molecule has 0 radical (unpaired) electrons. The number of nitrogens with two attached hydrogens (primary N) is 1. The Morgan fingerprint density at radius 1 is 1.25 bits per heavy atom. The summed E-state index contributed by atoms with van der Waals surface area (Å²) < 4.78 is 31.3. The molecule has 0 amide bonds. The molecule has 0 spiro atoms. The minimum absolute atomic E-state index is 0.0418. The molecular weight excluding hydrogens is 296 g/mol. The van der Waals surface area contributed by atoms with E-state index in [1.54, 1.807) is 36.0 Å². The molecule has 3 N–H and O–H groups in total. The zero-order chi connectivity index (χ0) is 14.8. The fraction of sp³-hybridized carbons (Fsp3) is 0.538. The fourth-order valence-corrected chi connectivity index (χ4v) is 2.90. The quantitative estimate of drug-likeness (QED) is 0.507. The van der Waals surface area contributed by atoms with E-state index in [9.17, 15) is 8.42 Å². The predicted octanol–water partition coefficient (Wildman–Crippen LogP) is 1.71. The van der Waals surface area contributed by atoms with E-state index in [4.69, 9.17) is 10.5 Å². The van der Waals surface area contributed by atoms with E-state index in [-0.39, 0.29) is 12.4 Å². The van der Waals surface area contributed by atoms with Crippen molar-refractivity contribution in [3.63, 3.8) is 0 Å². The number of ether oxygens (including phenoxy) is 1. The number of thioether (sulfide) groups is 1. The van der Waals surface area contributed by atoms with Gasteiger partial charge in [-0.3, -0.25) is 0 Å². The van der Waals surface area contributed by atoms with E-state index < -0.39 is 10.0 Å². The van der Waals surface area contributed by atoms with Crippen molar-refractivity contribution in [1.82, 2.24) is 4.72 Å². The van der Waals surface area contributed by atoms with Crippen LogP contribution in [0.15, 0.2) is 24.3 Å². The monoisotopic (exact) mass is 318 g/mol. The summed E-state index contributed by atoms with van der Waals surface area (Å²) in [5, 5.41) is 0. The van der Waals surface area contributed by atoms with Crippen molar-refractivity contribution >= 4 is 27.5 Å². The number of hydrogen-bond acceptors (Lipinski definition) is 5. The molecule has 5 nitrogen and oxygen atoms in total. The molecule has 0 aliphatic heterocycles. The van der Waals surface area contributed by atoms with Crippen molar-refractivity contribution in [2.24, 2.45) is 0 Å². The first kappa shape index (κ1) is 17.1. The van der Waals surface area contributed by atoms with Crippen molar-refractivity contribution in [3.8, 4) is 5.75 Å². The molecule has 0 fully saturated rings. The lowest BCUT2D eigenvalue weighted by molar-refractivity contribution is 0.340. The minimum Gasteiger partial charge on any atom is -0.492 e. The number of anilines is 1. The van der Waals surface area contributed by atoms with Crippen molar-refractivity contribution in [2.45, 2.75) is 12.8 Å². The molecule has 0 atom stereocenters. The van der Waals surface area contributed by atoms with Gasteiger partial charge >= 0.3 is 0 Å². The van der Waals surface area contributed by atoms with Gasteiger partial charge in [0, 0.05) is 12.2 Å². The summed E-state index contributed by atoms with van der Waals surface area (Å²) in [6.07, 6.45) is 3.92. The van der Waals surface area contributed by atoms with Gasteiger partial charge in [-0.15, -0.1) is 0 Å². The van der Waals surface area contributed by atoms with Gasteiger partial charge in [0.15, 0.2) is 0 Å². The van der Waals surface area contributed by atoms with Gasteiger partial charge in [0.1, 0.15) is 12.4 Å². The molecule has 0 bridgehead atoms. The topological polar surface area (TPSA) is 81.4 Å². The van der Waals surface area contributed by atoms with Gasteiger partial charge in [-0.05, 0) is 49.1 Å². The van der Waals surface area contributed by atoms with Crippen LogP contribution in [-0.2, 0) is 10.0 Å². The largest absolute Gasteiger partial charge is 0.492 e. The average molecular weight is 318 g/mol. The van der Waals surface area contributed by atoms with Crippen LogP contribution in [0.2, 0.25) is 0 Å². The molecule has 0 heterocycles. The Kier molecular flexibility index (Phi) is 7.79. The first-order chi connectivity index (χ1) is 9.53. The Balaban J connectivity index is 2.20. The summed E-state index contributed by atoms with van der Waals surface area (Å²) in [4.78, 5) is 0. The Labute approximate surface area is 125 Å². The van der Waals surface area contributed by atoms with Crippen LogP contribution in [0.4, 0.5) is 5.69 Å². The van der Waals surface area contributed by atoms with Gasteiger partial charge in [-0.1, -0.05) is 0 Å².